The molecule has 1 aliphatic carbocycles. The van der Waals surface area contributed by atoms with Crippen molar-refractivity contribution in [2.24, 2.45) is 11.8 Å². The van der Waals surface area contributed by atoms with Gasteiger partial charge < -0.3 is 10.0 Å². The van der Waals surface area contributed by atoms with E-state index in [1.165, 1.54) is 17.3 Å². The second-order valence-corrected chi connectivity index (χ2v) is 5.29. The van der Waals surface area contributed by atoms with Crippen LogP contribution in [0.1, 0.15) is 19.3 Å². The van der Waals surface area contributed by atoms with Crippen LogP contribution < -0.4 is 5.32 Å². The number of hydrogen-bond donors (Lipinski definition) is 2. The van der Waals surface area contributed by atoms with Crippen LogP contribution in [0.2, 0.25) is 0 Å². The van der Waals surface area contributed by atoms with Gasteiger partial charge in [-0.05, 0) is 30.7 Å². The maximum Gasteiger partial charge on any atom is 0.326 e. The molecule has 0 spiro atoms. The van der Waals surface area contributed by atoms with Crippen LogP contribution in [0.5, 0.6) is 0 Å². The molecule has 2 heterocycles. The zero-order chi connectivity index (χ0) is 14.1. The van der Waals surface area contributed by atoms with Gasteiger partial charge >= 0.3 is 12.0 Å². The third-order valence-electron chi connectivity index (χ3n) is 4.19. The van der Waals surface area contributed by atoms with Crippen molar-refractivity contribution in [3.05, 3.63) is 18.5 Å². The standard InChI is InChI=1S/C13H16N4O3/c18-11(19)10-9-4-1-3-8(9)7-17(10)13(20)16-12-14-5-2-6-15-12/h2,5-6,8-10H,1,3-4,7H2,(H,18,19)(H,14,15,16,20). The molecule has 1 aromatic heterocycles. The number of nitrogens with one attached hydrogen (secondary N) is 1. The molecule has 20 heavy (non-hydrogen) atoms. The summed E-state index contributed by atoms with van der Waals surface area (Å²) in [6.07, 6.45) is 5.98. The van der Waals surface area contributed by atoms with E-state index in [1.807, 2.05) is 0 Å². The summed E-state index contributed by atoms with van der Waals surface area (Å²) in [5.41, 5.74) is 0. The number of anilines is 1. The molecule has 2 N–H and O–H groups in total. The van der Waals surface area contributed by atoms with Crippen molar-refractivity contribution in [2.45, 2.75) is 25.3 Å². The molecule has 3 rings (SSSR count). The first kappa shape index (κ1) is 12.8. The molecule has 106 valence electrons. The molecule has 1 saturated heterocycles. The topological polar surface area (TPSA) is 95.4 Å². The minimum Gasteiger partial charge on any atom is -0.480 e. The number of hydrogen-bond acceptors (Lipinski definition) is 4. The summed E-state index contributed by atoms with van der Waals surface area (Å²) in [6.45, 7) is 0.500. The molecule has 7 nitrogen and oxygen atoms in total. The fourth-order valence-electron chi connectivity index (χ4n) is 3.36. The molecule has 1 saturated carbocycles. The molecular weight excluding hydrogens is 260 g/mol. The number of aromatic nitrogens is 2. The molecular formula is C13H16N4O3. The van der Waals surface area contributed by atoms with Gasteiger partial charge in [-0.25, -0.2) is 19.6 Å². The van der Waals surface area contributed by atoms with Crippen molar-refractivity contribution in [3.8, 4) is 0 Å². The number of carbonyl (C=O) groups excluding carboxylic acids is 1. The number of carbonyl (C=O) groups is 2. The Labute approximate surface area is 116 Å². The second kappa shape index (κ2) is 5.07. The summed E-state index contributed by atoms with van der Waals surface area (Å²) < 4.78 is 0. The fraction of sp³-hybridized carbons (Fsp3) is 0.538. The molecule has 7 heteroatoms. The Hall–Kier alpha value is -2.18. The first-order valence-corrected chi connectivity index (χ1v) is 6.74. The van der Waals surface area contributed by atoms with Crippen LogP contribution in [0, 0.1) is 11.8 Å². The van der Waals surface area contributed by atoms with Crippen molar-refractivity contribution in [2.75, 3.05) is 11.9 Å². The second-order valence-electron chi connectivity index (χ2n) is 5.29. The van der Waals surface area contributed by atoms with E-state index in [2.05, 4.69) is 15.3 Å². The molecule has 0 radical (unpaired) electrons. The van der Waals surface area contributed by atoms with Gasteiger partial charge in [0.25, 0.3) is 0 Å². The number of fused-ring (bicyclic) bond motifs is 1. The van der Waals surface area contributed by atoms with Gasteiger partial charge in [0.05, 0.1) is 0 Å². The van der Waals surface area contributed by atoms with E-state index in [1.54, 1.807) is 6.07 Å². The lowest BCUT2D eigenvalue weighted by atomic mass is 9.94. The molecule has 2 amide bonds. The largest absolute Gasteiger partial charge is 0.480 e. The molecule has 1 aromatic rings. The maximum absolute atomic E-state index is 12.2. The number of carboxylic acids is 1. The van der Waals surface area contributed by atoms with E-state index in [9.17, 15) is 14.7 Å². The quantitative estimate of drug-likeness (QED) is 0.846. The number of likely N-dealkylation sites (tertiary alicyclic amines) is 1. The minimum absolute atomic E-state index is 0.0786. The number of rotatable bonds is 2. The summed E-state index contributed by atoms with van der Waals surface area (Å²) in [6, 6.07) is 0.486. The average Bonchev–Trinajstić information content (AvgIpc) is 2.98. The Balaban J connectivity index is 1.75. The van der Waals surface area contributed by atoms with Gasteiger partial charge in [-0.15, -0.1) is 0 Å². The molecule has 0 bridgehead atoms. The summed E-state index contributed by atoms with van der Waals surface area (Å²) in [4.78, 5) is 32.9. The predicted molar refractivity (Wildman–Crippen MR) is 70.0 cm³/mol. The Kier molecular flexibility index (Phi) is 3.25. The highest BCUT2D eigenvalue weighted by molar-refractivity contribution is 5.91. The summed E-state index contributed by atoms with van der Waals surface area (Å²) >= 11 is 0. The fourth-order valence-corrected chi connectivity index (χ4v) is 3.36. The smallest absolute Gasteiger partial charge is 0.326 e. The van der Waals surface area contributed by atoms with Gasteiger partial charge in [-0.1, -0.05) is 6.42 Å². The molecule has 2 fully saturated rings. The van der Waals surface area contributed by atoms with E-state index >= 15 is 0 Å². The van der Waals surface area contributed by atoms with Crippen LogP contribution in [0.4, 0.5) is 10.7 Å². The molecule has 1 aliphatic heterocycles. The van der Waals surface area contributed by atoms with E-state index in [0.29, 0.717) is 12.5 Å². The van der Waals surface area contributed by atoms with Crippen LogP contribution in [0.25, 0.3) is 0 Å². The number of nitrogens with zero attached hydrogens (tertiary/aromatic N) is 3. The third kappa shape index (κ3) is 2.19. The van der Waals surface area contributed by atoms with E-state index in [4.69, 9.17) is 0 Å². The van der Waals surface area contributed by atoms with Gasteiger partial charge in [0.15, 0.2) is 0 Å². The van der Waals surface area contributed by atoms with Crippen LogP contribution >= 0.6 is 0 Å². The zero-order valence-corrected chi connectivity index (χ0v) is 10.9. The number of carboxylic acid groups (broad SMARTS) is 1. The summed E-state index contributed by atoms with van der Waals surface area (Å²) in [7, 11) is 0. The highest BCUT2D eigenvalue weighted by Crippen LogP contribution is 2.42. The van der Waals surface area contributed by atoms with E-state index < -0.39 is 18.0 Å². The van der Waals surface area contributed by atoms with Crippen LogP contribution in [0.15, 0.2) is 18.5 Å². The Morgan fingerprint density at radius 3 is 2.75 bits per heavy atom. The van der Waals surface area contributed by atoms with E-state index in [-0.39, 0.29) is 11.9 Å². The van der Waals surface area contributed by atoms with Crippen LogP contribution in [-0.2, 0) is 4.79 Å². The maximum atomic E-state index is 12.2. The van der Waals surface area contributed by atoms with Gasteiger partial charge in [0, 0.05) is 18.9 Å². The number of urea groups is 1. The lowest BCUT2D eigenvalue weighted by Gasteiger charge is -2.24. The highest BCUT2D eigenvalue weighted by Gasteiger charge is 2.49. The monoisotopic (exact) mass is 276 g/mol. The van der Waals surface area contributed by atoms with Crippen molar-refractivity contribution in [1.29, 1.82) is 0 Å². The lowest BCUT2D eigenvalue weighted by molar-refractivity contribution is -0.142. The predicted octanol–water partition coefficient (Wildman–Crippen LogP) is 1.19. The normalized spacial score (nSPS) is 28.2. The highest BCUT2D eigenvalue weighted by atomic mass is 16.4. The Morgan fingerprint density at radius 1 is 1.30 bits per heavy atom. The summed E-state index contributed by atoms with van der Waals surface area (Å²) in [5.74, 6) is -0.351. The van der Waals surface area contributed by atoms with Crippen LogP contribution in [-0.4, -0.2) is 44.6 Å². The Bertz CT molecular complexity index is 522. The van der Waals surface area contributed by atoms with Crippen LogP contribution in [0.3, 0.4) is 0 Å². The molecule has 2 aliphatic rings. The minimum atomic E-state index is -0.927. The van der Waals surface area contributed by atoms with Gasteiger partial charge in [-0.3, -0.25) is 5.32 Å². The zero-order valence-electron chi connectivity index (χ0n) is 10.9. The summed E-state index contributed by atoms with van der Waals surface area (Å²) in [5, 5.41) is 12.0. The Morgan fingerprint density at radius 2 is 2.05 bits per heavy atom. The van der Waals surface area contributed by atoms with Gasteiger partial charge in [0.2, 0.25) is 5.95 Å². The van der Waals surface area contributed by atoms with E-state index in [0.717, 1.165) is 19.3 Å². The van der Waals surface area contributed by atoms with Gasteiger partial charge in [0.1, 0.15) is 6.04 Å². The van der Waals surface area contributed by atoms with Crippen molar-refractivity contribution in [1.82, 2.24) is 14.9 Å². The van der Waals surface area contributed by atoms with Crippen molar-refractivity contribution in [3.63, 3.8) is 0 Å². The molecule has 0 aromatic carbocycles. The first-order chi connectivity index (χ1) is 9.66. The number of amides is 2. The first-order valence-electron chi connectivity index (χ1n) is 6.74. The number of aliphatic carboxylic acids is 1. The molecule has 3 unspecified atom stereocenters. The molecule has 3 atom stereocenters. The van der Waals surface area contributed by atoms with Gasteiger partial charge in [-0.2, -0.15) is 0 Å². The van der Waals surface area contributed by atoms with Crippen molar-refractivity contribution >= 4 is 17.9 Å². The van der Waals surface area contributed by atoms with Crippen molar-refractivity contribution < 1.29 is 14.7 Å². The third-order valence-corrected chi connectivity index (χ3v) is 4.19. The SMILES string of the molecule is O=C(O)C1C2CCCC2CN1C(=O)Nc1ncccn1. The lowest BCUT2D eigenvalue weighted by Crippen LogP contribution is -2.45. The average molecular weight is 276 g/mol.